The molecular weight excluding hydrogens is 372 g/mol. The van der Waals surface area contributed by atoms with Gasteiger partial charge >= 0.3 is 0 Å². The Bertz CT molecular complexity index is 997. The van der Waals surface area contributed by atoms with Crippen molar-refractivity contribution in [2.75, 3.05) is 20.6 Å². The maximum absolute atomic E-state index is 12.8. The topological polar surface area (TPSA) is 32.8 Å². The SMILES string of the molecule is CN(C)CCCc1ccc2c(c1)CN(Cc1ccc(Oc3ccccc3)cc1)C2=O. The zero-order valence-corrected chi connectivity index (χ0v) is 17.7. The number of fused-ring (bicyclic) bond motifs is 1. The molecule has 0 fully saturated rings. The molecule has 1 aliphatic rings. The van der Waals surface area contributed by atoms with Gasteiger partial charge in [0.15, 0.2) is 0 Å². The lowest BCUT2D eigenvalue weighted by Crippen LogP contribution is -2.23. The van der Waals surface area contributed by atoms with Crippen molar-refractivity contribution in [2.24, 2.45) is 0 Å². The molecule has 3 aromatic carbocycles. The number of rotatable bonds is 8. The first-order chi connectivity index (χ1) is 14.6. The Balaban J connectivity index is 1.37. The number of aryl methyl sites for hydroxylation is 1. The van der Waals surface area contributed by atoms with Crippen LogP contribution >= 0.6 is 0 Å². The van der Waals surface area contributed by atoms with Gasteiger partial charge in [-0.2, -0.15) is 0 Å². The van der Waals surface area contributed by atoms with Gasteiger partial charge in [0.1, 0.15) is 11.5 Å². The van der Waals surface area contributed by atoms with Gasteiger partial charge in [0.25, 0.3) is 5.91 Å². The summed E-state index contributed by atoms with van der Waals surface area (Å²) in [7, 11) is 4.19. The van der Waals surface area contributed by atoms with Crippen LogP contribution < -0.4 is 4.74 Å². The van der Waals surface area contributed by atoms with Crippen LogP contribution in [0.4, 0.5) is 0 Å². The molecule has 0 bridgehead atoms. The smallest absolute Gasteiger partial charge is 0.254 e. The lowest BCUT2D eigenvalue weighted by molar-refractivity contribution is 0.0766. The van der Waals surface area contributed by atoms with Gasteiger partial charge in [0.05, 0.1) is 0 Å². The van der Waals surface area contributed by atoms with E-state index in [1.54, 1.807) is 0 Å². The standard InChI is InChI=1S/C26H28N2O2/c1-27(2)16-6-7-20-12-15-25-22(17-20)19-28(26(25)29)18-21-10-13-24(14-11-21)30-23-8-4-3-5-9-23/h3-5,8-15,17H,6-7,16,18-19H2,1-2H3. The molecule has 0 aliphatic carbocycles. The Hall–Kier alpha value is -3.11. The number of carbonyl (C=O) groups excluding carboxylic acids is 1. The van der Waals surface area contributed by atoms with Crippen molar-refractivity contribution in [3.63, 3.8) is 0 Å². The molecular formula is C26H28N2O2. The van der Waals surface area contributed by atoms with Crippen molar-refractivity contribution in [2.45, 2.75) is 25.9 Å². The quantitative estimate of drug-likeness (QED) is 0.526. The minimum absolute atomic E-state index is 0.120. The third-order valence-corrected chi connectivity index (χ3v) is 5.39. The lowest BCUT2D eigenvalue weighted by atomic mass is 10.0. The predicted octanol–water partition coefficient (Wildman–Crippen LogP) is 5.13. The number of amides is 1. The molecule has 1 amide bonds. The summed E-state index contributed by atoms with van der Waals surface area (Å²) in [6.45, 7) is 2.36. The van der Waals surface area contributed by atoms with E-state index in [1.165, 1.54) is 5.56 Å². The van der Waals surface area contributed by atoms with Gasteiger partial charge in [-0.15, -0.1) is 0 Å². The van der Waals surface area contributed by atoms with Crippen molar-refractivity contribution >= 4 is 5.91 Å². The van der Waals surface area contributed by atoms with Crippen molar-refractivity contribution in [3.05, 3.63) is 95.1 Å². The largest absolute Gasteiger partial charge is 0.457 e. The average molecular weight is 401 g/mol. The molecule has 154 valence electrons. The number of nitrogens with zero attached hydrogens (tertiary/aromatic N) is 2. The van der Waals surface area contributed by atoms with E-state index >= 15 is 0 Å². The Morgan fingerprint density at radius 3 is 2.33 bits per heavy atom. The molecule has 4 rings (SSSR count). The number of para-hydroxylation sites is 1. The fourth-order valence-electron chi connectivity index (χ4n) is 3.82. The van der Waals surface area contributed by atoms with E-state index in [2.05, 4.69) is 31.1 Å². The van der Waals surface area contributed by atoms with E-state index in [9.17, 15) is 4.79 Å². The molecule has 0 aromatic heterocycles. The summed E-state index contributed by atoms with van der Waals surface area (Å²) in [5, 5.41) is 0. The molecule has 0 atom stereocenters. The highest BCUT2D eigenvalue weighted by Crippen LogP contribution is 2.27. The van der Waals surface area contributed by atoms with Gasteiger partial charge in [-0.3, -0.25) is 4.79 Å². The molecule has 0 unspecified atom stereocenters. The van der Waals surface area contributed by atoms with Crippen LogP contribution in [0.2, 0.25) is 0 Å². The molecule has 0 N–H and O–H groups in total. The van der Waals surface area contributed by atoms with Gasteiger partial charge in [-0.1, -0.05) is 42.5 Å². The van der Waals surface area contributed by atoms with Crippen molar-refractivity contribution in [1.29, 1.82) is 0 Å². The molecule has 30 heavy (non-hydrogen) atoms. The average Bonchev–Trinajstić information content (AvgIpc) is 3.05. The molecule has 3 aromatic rings. The second kappa shape index (κ2) is 9.14. The van der Waals surface area contributed by atoms with Crippen molar-refractivity contribution in [1.82, 2.24) is 9.80 Å². The van der Waals surface area contributed by atoms with Crippen LogP contribution in [0.5, 0.6) is 11.5 Å². The van der Waals surface area contributed by atoms with Crippen molar-refractivity contribution < 1.29 is 9.53 Å². The highest BCUT2D eigenvalue weighted by atomic mass is 16.5. The van der Waals surface area contributed by atoms with E-state index in [4.69, 9.17) is 4.74 Å². The normalized spacial score (nSPS) is 13.0. The molecule has 0 spiro atoms. The number of carbonyl (C=O) groups is 1. The highest BCUT2D eigenvalue weighted by molar-refractivity contribution is 5.98. The summed E-state index contributed by atoms with van der Waals surface area (Å²) in [4.78, 5) is 16.9. The van der Waals surface area contributed by atoms with Crippen LogP contribution in [0.3, 0.4) is 0 Å². The first kappa shape index (κ1) is 20.2. The third-order valence-electron chi connectivity index (χ3n) is 5.39. The maximum atomic E-state index is 12.8. The number of ether oxygens (including phenoxy) is 1. The predicted molar refractivity (Wildman–Crippen MR) is 120 cm³/mol. The zero-order valence-electron chi connectivity index (χ0n) is 17.7. The van der Waals surface area contributed by atoms with Crippen LogP contribution in [0.25, 0.3) is 0 Å². The van der Waals surface area contributed by atoms with Crippen LogP contribution in [0.15, 0.2) is 72.8 Å². The van der Waals surface area contributed by atoms with Gasteiger partial charge in [-0.25, -0.2) is 0 Å². The van der Waals surface area contributed by atoms with Crippen LogP contribution in [0.1, 0.15) is 33.5 Å². The summed E-state index contributed by atoms with van der Waals surface area (Å²) in [6.07, 6.45) is 2.17. The fraction of sp³-hybridized carbons (Fsp3) is 0.269. The Morgan fingerprint density at radius 2 is 1.60 bits per heavy atom. The monoisotopic (exact) mass is 400 g/mol. The van der Waals surface area contributed by atoms with Gasteiger partial charge in [0.2, 0.25) is 0 Å². The second-order valence-corrected chi connectivity index (χ2v) is 8.12. The third kappa shape index (κ3) is 4.89. The molecule has 1 heterocycles. The summed E-state index contributed by atoms with van der Waals surface area (Å²) >= 11 is 0. The molecule has 0 radical (unpaired) electrons. The first-order valence-electron chi connectivity index (χ1n) is 10.5. The second-order valence-electron chi connectivity index (χ2n) is 8.12. The molecule has 0 saturated heterocycles. The molecule has 1 aliphatic heterocycles. The van der Waals surface area contributed by atoms with E-state index in [0.29, 0.717) is 13.1 Å². The first-order valence-corrected chi connectivity index (χ1v) is 10.5. The van der Waals surface area contributed by atoms with E-state index in [-0.39, 0.29) is 5.91 Å². The van der Waals surface area contributed by atoms with Crippen LogP contribution in [-0.4, -0.2) is 36.3 Å². The minimum atomic E-state index is 0.120. The fourth-order valence-corrected chi connectivity index (χ4v) is 3.82. The van der Waals surface area contributed by atoms with Gasteiger partial charge in [0, 0.05) is 18.7 Å². The zero-order chi connectivity index (χ0) is 20.9. The summed E-state index contributed by atoms with van der Waals surface area (Å²) in [5.41, 5.74) is 4.40. The maximum Gasteiger partial charge on any atom is 0.254 e. The Morgan fingerprint density at radius 1 is 0.900 bits per heavy atom. The van der Waals surface area contributed by atoms with E-state index in [0.717, 1.165) is 47.6 Å². The highest BCUT2D eigenvalue weighted by Gasteiger charge is 2.27. The summed E-state index contributed by atoms with van der Waals surface area (Å²) in [6, 6.07) is 24.0. The van der Waals surface area contributed by atoms with Crippen molar-refractivity contribution in [3.8, 4) is 11.5 Å². The Labute approximate surface area is 178 Å². The molecule has 0 saturated carbocycles. The molecule has 4 nitrogen and oxygen atoms in total. The van der Waals surface area contributed by atoms with Crippen LogP contribution in [-0.2, 0) is 19.5 Å². The lowest BCUT2D eigenvalue weighted by Gasteiger charge is -2.16. The summed E-state index contributed by atoms with van der Waals surface area (Å²) < 4.78 is 5.85. The van der Waals surface area contributed by atoms with E-state index in [1.807, 2.05) is 65.6 Å². The minimum Gasteiger partial charge on any atom is -0.457 e. The van der Waals surface area contributed by atoms with Gasteiger partial charge < -0.3 is 14.5 Å². The number of benzene rings is 3. The van der Waals surface area contributed by atoms with Gasteiger partial charge in [-0.05, 0) is 80.5 Å². The molecule has 4 heteroatoms. The van der Waals surface area contributed by atoms with Crippen LogP contribution in [0, 0.1) is 0 Å². The Kier molecular flexibility index (Phi) is 6.15. The summed E-state index contributed by atoms with van der Waals surface area (Å²) in [5.74, 6) is 1.73. The van der Waals surface area contributed by atoms with E-state index < -0.39 is 0 Å². The number of hydrogen-bond donors (Lipinski definition) is 0. The number of hydrogen-bond acceptors (Lipinski definition) is 3.